The number of sulfonamides is 1. The maximum atomic E-state index is 14.0. The lowest BCUT2D eigenvalue weighted by atomic mass is 10.00. The number of halogens is 3. The number of ether oxygens (including phenoxy) is 1. The number of para-hydroxylation sites is 2. The van der Waals surface area contributed by atoms with E-state index in [9.17, 15) is 31.5 Å². The molecule has 12 heteroatoms. The van der Waals surface area contributed by atoms with Crippen molar-refractivity contribution in [1.29, 1.82) is 0 Å². The van der Waals surface area contributed by atoms with Gasteiger partial charge in [-0.1, -0.05) is 72.8 Å². The molecule has 0 saturated carbocycles. The smallest absolute Gasteiger partial charge is 0.416 e. The fourth-order valence-corrected chi connectivity index (χ4v) is 6.02. The monoisotopic (exact) mass is 655 g/mol. The summed E-state index contributed by atoms with van der Waals surface area (Å²) in [6.45, 7) is 1.94. The van der Waals surface area contributed by atoms with E-state index in [1.165, 1.54) is 12.1 Å². The first kappa shape index (κ1) is 34.5. The Hall–Kier alpha value is -4.39. The third kappa shape index (κ3) is 9.09. The van der Waals surface area contributed by atoms with Gasteiger partial charge in [-0.15, -0.1) is 0 Å². The van der Waals surface area contributed by atoms with E-state index >= 15 is 0 Å². The van der Waals surface area contributed by atoms with Crippen molar-refractivity contribution in [3.05, 3.63) is 125 Å². The first-order chi connectivity index (χ1) is 21.9. The highest BCUT2D eigenvalue weighted by molar-refractivity contribution is 7.92. The number of carbonyl (C=O) groups excluding carboxylic acids is 1. The van der Waals surface area contributed by atoms with Crippen LogP contribution in [0.3, 0.4) is 0 Å². The van der Waals surface area contributed by atoms with Crippen LogP contribution in [0.15, 0.2) is 103 Å². The average molecular weight is 656 g/mol. The zero-order valence-electron chi connectivity index (χ0n) is 25.4. The van der Waals surface area contributed by atoms with Gasteiger partial charge in [0.15, 0.2) is 0 Å². The van der Waals surface area contributed by atoms with Gasteiger partial charge in [0.2, 0.25) is 10.0 Å². The number of rotatable bonds is 14. The topological polar surface area (TPSA) is 108 Å². The molecule has 0 heterocycles. The van der Waals surface area contributed by atoms with Crippen LogP contribution in [0.2, 0.25) is 0 Å². The molecule has 4 rings (SSSR count). The summed E-state index contributed by atoms with van der Waals surface area (Å²) in [5.41, 5.74) is 0.740. The van der Waals surface area contributed by atoms with Gasteiger partial charge in [-0.3, -0.25) is 4.79 Å². The molecule has 0 aromatic heterocycles. The summed E-state index contributed by atoms with van der Waals surface area (Å²) in [5, 5.41) is 17.1. The molecule has 46 heavy (non-hydrogen) atoms. The Morgan fingerprint density at radius 3 is 2.17 bits per heavy atom. The number of nitrogens with one attached hydrogen (secondary N) is 2. The molecule has 3 N–H and O–H groups in total. The SMILES string of the molecule is CCOc1cccc(C(=O)N[C@@H](Cc2ccccc2)[C@H](O)CNCc2cccc(C(F)(F)F)c2)c1N(c1ccccc1)S(C)(=O)=O. The second kappa shape index (κ2) is 15.3. The standard InChI is InChI=1S/C34H36F3N3O5S/c1-3-45-31-19-11-18-28(32(31)40(46(2,43)44)27-16-8-5-9-17-27)33(42)39-29(21-24-12-6-4-7-13-24)30(41)23-38-22-25-14-10-15-26(20-25)34(35,36)37/h4-20,29-30,38,41H,3,21-23H2,1-2H3,(H,39,42)/t29-,30+/m0/s1. The van der Waals surface area contributed by atoms with Crippen molar-refractivity contribution in [2.45, 2.75) is 38.2 Å². The van der Waals surface area contributed by atoms with Crippen LogP contribution >= 0.6 is 0 Å². The highest BCUT2D eigenvalue weighted by atomic mass is 32.2. The number of amides is 1. The molecule has 0 saturated heterocycles. The fourth-order valence-electron chi connectivity index (χ4n) is 5.00. The van der Waals surface area contributed by atoms with Crippen LogP contribution < -0.4 is 19.7 Å². The van der Waals surface area contributed by atoms with Crippen molar-refractivity contribution in [3.8, 4) is 5.75 Å². The van der Waals surface area contributed by atoms with Gasteiger partial charge in [0.05, 0.1) is 41.8 Å². The lowest BCUT2D eigenvalue weighted by Crippen LogP contribution is -2.49. The lowest BCUT2D eigenvalue weighted by Gasteiger charge is -2.29. The molecule has 0 unspecified atom stereocenters. The summed E-state index contributed by atoms with van der Waals surface area (Å²) < 4.78 is 72.6. The zero-order chi connectivity index (χ0) is 33.3. The van der Waals surface area contributed by atoms with E-state index in [0.29, 0.717) is 11.3 Å². The number of benzene rings is 4. The van der Waals surface area contributed by atoms with Crippen molar-refractivity contribution in [3.63, 3.8) is 0 Å². The van der Waals surface area contributed by atoms with Gasteiger partial charge in [0.25, 0.3) is 5.91 Å². The molecule has 244 valence electrons. The molecule has 0 spiro atoms. The van der Waals surface area contributed by atoms with Crippen LogP contribution in [-0.2, 0) is 29.2 Å². The number of hydrogen-bond acceptors (Lipinski definition) is 6. The van der Waals surface area contributed by atoms with Crippen LogP contribution in [0.25, 0.3) is 0 Å². The van der Waals surface area contributed by atoms with Crippen molar-refractivity contribution in [2.75, 3.05) is 23.7 Å². The first-order valence-electron chi connectivity index (χ1n) is 14.6. The van der Waals surface area contributed by atoms with E-state index in [-0.39, 0.29) is 43.1 Å². The fraction of sp³-hybridized carbons (Fsp3) is 0.265. The highest BCUT2D eigenvalue weighted by Crippen LogP contribution is 2.39. The molecule has 4 aromatic rings. The van der Waals surface area contributed by atoms with E-state index < -0.39 is 39.8 Å². The summed E-state index contributed by atoms with van der Waals surface area (Å²) in [5.74, 6) is -0.480. The Bertz CT molecular complexity index is 1700. The van der Waals surface area contributed by atoms with Crippen LogP contribution in [0.5, 0.6) is 5.75 Å². The maximum Gasteiger partial charge on any atom is 0.416 e. The van der Waals surface area contributed by atoms with Crippen molar-refractivity contribution < 1.29 is 36.2 Å². The molecule has 0 bridgehead atoms. The number of aliphatic hydroxyl groups is 1. The number of nitrogens with zero attached hydrogens (tertiary/aromatic N) is 1. The second-order valence-corrected chi connectivity index (χ2v) is 12.4. The third-order valence-corrected chi connectivity index (χ3v) is 8.14. The van der Waals surface area contributed by atoms with Gasteiger partial charge >= 0.3 is 6.18 Å². The number of hydrogen-bond donors (Lipinski definition) is 3. The molecule has 0 aliphatic rings. The molecular formula is C34H36F3N3O5S. The summed E-state index contributed by atoms with van der Waals surface area (Å²) in [6, 6.07) is 26.1. The maximum absolute atomic E-state index is 14.0. The summed E-state index contributed by atoms with van der Waals surface area (Å²) in [7, 11) is -3.97. The van der Waals surface area contributed by atoms with E-state index in [4.69, 9.17) is 4.74 Å². The van der Waals surface area contributed by atoms with Gasteiger partial charge < -0.3 is 20.5 Å². The average Bonchev–Trinajstić information content (AvgIpc) is 3.01. The lowest BCUT2D eigenvalue weighted by molar-refractivity contribution is -0.137. The van der Waals surface area contributed by atoms with Crippen molar-refractivity contribution in [2.24, 2.45) is 0 Å². The Balaban J connectivity index is 1.63. The van der Waals surface area contributed by atoms with Gasteiger partial charge in [0, 0.05) is 13.1 Å². The third-order valence-electron chi connectivity index (χ3n) is 7.09. The molecule has 2 atom stereocenters. The van der Waals surface area contributed by atoms with Gasteiger partial charge in [0.1, 0.15) is 11.4 Å². The van der Waals surface area contributed by atoms with Crippen molar-refractivity contribution in [1.82, 2.24) is 10.6 Å². The highest BCUT2D eigenvalue weighted by Gasteiger charge is 2.32. The predicted molar refractivity (Wildman–Crippen MR) is 172 cm³/mol. The minimum absolute atomic E-state index is 0.00224. The number of carbonyl (C=O) groups is 1. The molecule has 0 aliphatic heterocycles. The summed E-state index contributed by atoms with van der Waals surface area (Å²) >= 11 is 0. The van der Waals surface area contributed by atoms with E-state index in [1.54, 1.807) is 55.5 Å². The number of alkyl halides is 3. The Morgan fingerprint density at radius 2 is 1.54 bits per heavy atom. The minimum Gasteiger partial charge on any atom is -0.492 e. The molecule has 8 nitrogen and oxygen atoms in total. The van der Waals surface area contributed by atoms with Gasteiger partial charge in [-0.25, -0.2) is 12.7 Å². The number of aliphatic hydroxyl groups excluding tert-OH is 1. The van der Waals surface area contributed by atoms with E-state index in [0.717, 1.165) is 28.3 Å². The molecule has 4 aromatic carbocycles. The molecular weight excluding hydrogens is 619 g/mol. The van der Waals surface area contributed by atoms with E-state index in [1.807, 2.05) is 30.3 Å². The minimum atomic E-state index is -4.48. The quantitative estimate of drug-likeness (QED) is 0.161. The Morgan fingerprint density at radius 1 is 0.913 bits per heavy atom. The van der Waals surface area contributed by atoms with Gasteiger partial charge in [-0.2, -0.15) is 13.2 Å². The molecule has 1 amide bonds. The number of anilines is 2. The summed E-state index contributed by atoms with van der Waals surface area (Å²) in [6.07, 6.45) is -4.41. The second-order valence-electron chi connectivity index (χ2n) is 10.6. The van der Waals surface area contributed by atoms with E-state index in [2.05, 4.69) is 10.6 Å². The largest absolute Gasteiger partial charge is 0.492 e. The normalized spacial score (nSPS) is 13.1. The summed E-state index contributed by atoms with van der Waals surface area (Å²) in [4.78, 5) is 14.0. The Kier molecular flexibility index (Phi) is 11.4. The molecule has 0 fully saturated rings. The van der Waals surface area contributed by atoms with Gasteiger partial charge in [-0.05, 0) is 54.8 Å². The van der Waals surface area contributed by atoms with Crippen LogP contribution in [0.1, 0.15) is 34.0 Å². The Labute approximate surface area is 266 Å². The predicted octanol–water partition coefficient (Wildman–Crippen LogP) is 5.69. The van der Waals surface area contributed by atoms with Crippen LogP contribution in [0.4, 0.5) is 24.5 Å². The first-order valence-corrected chi connectivity index (χ1v) is 16.4. The zero-order valence-corrected chi connectivity index (χ0v) is 26.2. The van der Waals surface area contributed by atoms with Crippen LogP contribution in [0, 0.1) is 0 Å². The molecule has 0 aliphatic carbocycles. The van der Waals surface area contributed by atoms with Crippen LogP contribution in [-0.4, -0.2) is 51.0 Å². The molecule has 0 radical (unpaired) electrons. The van der Waals surface area contributed by atoms with Crippen molar-refractivity contribution >= 4 is 27.3 Å².